The molecule has 1 aliphatic rings. The highest BCUT2D eigenvalue weighted by Crippen LogP contribution is 2.20. The van der Waals surface area contributed by atoms with Gasteiger partial charge in [0, 0.05) is 4.47 Å². The lowest BCUT2D eigenvalue weighted by molar-refractivity contribution is 0.351. The number of sulfone groups is 1. The molecule has 1 heterocycles. The first-order valence-electron chi connectivity index (χ1n) is 4.87. The van der Waals surface area contributed by atoms with Crippen LogP contribution in [0.5, 0.6) is 5.75 Å². The van der Waals surface area contributed by atoms with Gasteiger partial charge in [-0.2, -0.15) is 0 Å². The molecule has 0 saturated heterocycles. The normalized spacial score (nSPS) is 17.5. The van der Waals surface area contributed by atoms with Gasteiger partial charge in [0.15, 0.2) is 0 Å². The van der Waals surface area contributed by atoms with E-state index in [1.165, 1.54) is 6.92 Å². The molecule has 4 nitrogen and oxygen atoms in total. The van der Waals surface area contributed by atoms with Gasteiger partial charge >= 0.3 is 0 Å². The third-order valence-electron chi connectivity index (χ3n) is 2.19. The molecule has 1 aliphatic heterocycles. The van der Waals surface area contributed by atoms with Crippen molar-refractivity contribution >= 4 is 30.8 Å². The third-order valence-corrected chi connectivity index (χ3v) is 4.18. The van der Waals surface area contributed by atoms with Crippen molar-refractivity contribution in [2.75, 3.05) is 6.61 Å². The van der Waals surface area contributed by atoms with Crippen LogP contribution in [0.3, 0.4) is 0 Å². The van der Waals surface area contributed by atoms with Gasteiger partial charge in [0.05, 0.1) is 11.1 Å². The molecule has 90 valence electrons. The molecule has 0 N–H and O–H groups in total. The van der Waals surface area contributed by atoms with Crippen LogP contribution in [-0.4, -0.2) is 20.1 Å². The van der Waals surface area contributed by atoms with E-state index in [-0.39, 0.29) is 11.7 Å². The molecule has 1 aromatic carbocycles. The smallest absolute Gasteiger partial charge is 0.214 e. The van der Waals surface area contributed by atoms with Crippen LogP contribution < -0.4 is 4.74 Å². The SMILES string of the molecule is CC1=NC(COc2cccc(Br)c2)=CS1(=O)=O. The summed E-state index contributed by atoms with van der Waals surface area (Å²) in [5.41, 5.74) is 0.419. The summed E-state index contributed by atoms with van der Waals surface area (Å²) >= 11 is 3.33. The van der Waals surface area contributed by atoms with Crippen LogP contribution >= 0.6 is 15.9 Å². The second-order valence-corrected chi connectivity index (χ2v) is 6.36. The van der Waals surface area contributed by atoms with Crippen molar-refractivity contribution in [2.24, 2.45) is 4.99 Å². The van der Waals surface area contributed by atoms with E-state index in [4.69, 9.17) is 4.74 Å². The minimum atomic E-state index is -3.29. The van der Waals surface area contributed by atoms with Gasteiger partial charge in [-0.1, -0.05) is 22.0 Å². The number of halogens is 1. The summed E-state index contributed by atoms with van der Waals surface area (Å²) in [7, 11) is -3.29. The standard InChI is InChI=1S/C11H10BrNO3S/c1-8-13-10(7-17(8,14)15)6-16-11-4-2-3-9(12)5-11/h2-5,7H,6H2,1H3. The summed E-state index contributed by atoms with van der Waals surface area (Å²) in [6.07, 6.45) is 0. The van der Waals surface area contributed by atoms with Gasteiger partial charge in [-0.3, -0.25) is 0 Å². The monoisotopic (exact) mass is 315 g/mol. The maximum Gasteiger partial charge on any atom is 0.214 e. The van der Waals surface area contributed by atoms with Crippen LogP contribution in [0.2, 0.25) is 0 Å². The van der Waals surface area contributed by atoms with Gasteiger partial charge in [0.2, 0.25) is 9.84 Å². The Labute approximate surface area is 108 Å². The Morgan fingerprint density at radius 3 is 2.76 bits per heavy atom. The maximum atomic E-state index is 11.4. The fourth-order valence-electron chi connectivity index (χ4n) is 1.34. The minimum Gasteiger partial charge on any atom is -0.487 e. The number of hydrogen-bond donors (Lipinski definition) is 0. The molecular weight excluding hydrogens is 306 g/mol. The maximum absolute atomic E-state index is 11.4. The third kappa shape index (κ3) is 2.95. The van der Waals surface area contributed by atoms with E-state index >= 15 is 0 Å². The van der Waals surface area contributed by atoms with Crippen molar-refractivity contribution in [2.45, 2.75) is 6.92 Å². The molecule has 0 atom stereocenters. The predicted molar refractivity (Wildman–Crippen MR) is 69.7 cm³/mol. The van der Waals surface area contributed by atoms with Gasteiger partial charge < -0.3 is 4.74 Å². The number of nitrogens with zero attached hydrogens (tertiary/aromatic N) is 1. The first-order chi connectivity index (χ1) is 7.97. The molecule has 17 heavy (non-hydrogen) atoms. The van der Waals surface area contributed by atoms with Crippen LogP contribution in [0.4, 0.5) is 0 Å². The van der Waals surface area contributed by atoms with Crippen molar-refractivity contribution in [3.63, 3.8) is 0 Å². The van der Waals surface area contributed by atoms with Gasteiger partial charge in [-0.25, -0.2) is 13.4 Å². The van der Waals surface area contributed by atoms with Crippen molar-refractivity contribution in [3.05, 3.63) is 39.8 Å². The van der Waals surface area contributed by atoms with Gasteiger partial charge in [0.1, 0.15) is 17.4 Å². The summed E-state index contributed by atoms with van der Waals surface area (Å²) in [5.74, 6) is 0.664. The Morgan fingerprint density at radius 1 is 1.41 bits per heavy atom. The van der Waals surface area contributed by atoms with E-state index in [1.54, 1.807) is 12.1 Å². The van der Waals surface area contributed by atoms with Crippen LogP contribution in [-0.2, 0) is 9.84 Å². The molecule has 0 radical (unpaired) electrons. The molecule has 0 spiro atoms. The van der Waals surface area contributed by atoms with Crippen molar-refractivity contribution in [3.8, 4) is 5.75 Å². The second-order valence-electron chi connectivity index (χ2n) is 3.53. The van der Waals surface area contributed by atoms with E-state index in [2.05, 4.69) is 20.9 Å². The fraction of sp³-hybridized carbons (Fsp3) is 0.182. The summed E-state index contributed by atoms with van der Waals surface area (Å²) < 4.78 is 29.1. The Balaban J connectivity index is 2.06. The fourth-order valence-corrected chi connectivity index (χ4v) is 2.61. The number of rotatable bonds is 3. The summed E-state index contributed by atoms with van der Waals surface area (Å²) in [4.78, 5) is 3.93. The van der Waals surface area contributed by atoms with E-state index in [9.17, 15) is 8.42 Å². The molecule has 0 bridgehead atoms. The number of hydrogen-bond acceptors (Lipinski definition) is 4. The van der Waals surface area contributed by atoms with E-state index in [1.807, 2.05) is 12.1 Å². The number of aliphatic imine (C=N–C) groups is 1. The lowest BCUT2D eigenvalue weighted by Gasteiger charge is -2.04. The first-order valence-corrected chi connectivity index (χ1v) is 7.21. The molecule has 0 unspecified atom stereocenters. The molecule has 0 saturated carbocycles. The highest BCUT2D eigenvalue weighted by molar-refractivity contribution is 9.10. The second kappa shape index (κ2) is 4.62. The topological polar surface area (TPSA) is 55.7 Å². The Hall–Kier alpha value is -1.14. The Bertz CT molecular complexity index is 605. The molecule has 2 rings (SSSR count). The van der Waals surface area contributed by atoms with E-state index in [0.717, 1.165) is 9.88 Å². The molecule has 0 amide bonds. The van der Waals surface area contributed by atoms with Gasteiger partial charge in [0.25, 0.3) is 0 Å². The molecule has 0 aromatic heterocycles. The van der Waals surface area contributed by atoms with Crippen LogP contribution in [0.1, 0.15) is 6.92 Å². The van der Waals surface area contributed by atoms with Gasteiger partial charge in [-0.05, 0) is 25.1 Å². The van der Waals surface area contributed by atoms with E-state index in [0.29, 0.717) is 11.4 Å². The largest absolute Gasteiger partial charge is 0.487 e. The zero-order valence-electron chi connectivity index (χ0n) is 9.05. The van der Waals surface area contributed by atoms with Crippen molar-refractivity contribution in [1.29, 1.82) is 0 Å². The minimum absolute atomic E-state index is 0.116. The van der Waals surface area contributed by atoms with Crippen molar-refractivity contribution in [1.82, 2.24) is 0 Å². The highest BCUT2D eigenvalue weighted by Gasteiger charge is 2.20. The van der Waals surface area contributed by atoms with Crippen LogP contribution in [0.15, 0.2) is 44.8 Å². The lowest BCUT2D eigenvalue weighted by Crippen LogP contribution is -2.01. The lowest BCUT2D eigenvalue weighted by atomic mass is 10.3. The molecule has 0 aliphatic carbocycles. The number of ether oxygens (including phenoxy) is 1. The highest BCUT2D eigenvalue weighted by atomic mass is 79.9. The van der Waals surface area contributed by atoms with Crippen molar-refractivity contribution < 1.29 is 13.2 Å². The van der Waals surface area contributed by atoms with Crippen LogP contribution in [0.25, 0.3) is 0 Å². The summed E-state index contributed by atoms with van der Waals surface area (Å²) in [6, 6.07) is 7.33. The predicted octanol–water partition coefficient (Wildman–Crippen LogP) is 2.52. The average molecular weight is 316 g/mol. The summed E-state index contributed by atoms with van der Waals surface area (Å²) in [5, 5.41) is 1.26. The Morgan fingerprint density at radius 2 is 2.18 bits per heavy atom. The molecular formula is C11H10BrNO3S. The first kappa shape index (κ1) is 12.3. The molecule has 6 heteroatoms. The number of benzene rings is 1. The Kier molecular flexibility index (Phi) is 3.35. The zero-order valence-corrected chi connectivity index (χ0v) is 11.5. The molecule has 0 fully saturated rings. The van der Waals surface area contributed by atoms with Crippen LogP contribution in [0, 0.1) is 0 Å². The van der Waals surface area contributed by atoms with Gasteiger partial charge in [-0.15, -0.1) is 0 Å². The average Bonchev–Trinajstić information content (AvgIpc) is 2.50. The van der Waals surface area contributed by atoms with E-state index < -0.39 is 9.84 Å². The summed E-state index contributed by atoms with van der Waals surface area (Å²) in [6.45, 7) is 1.62. The molecule has 1 aromatic rings. The quantitative estimate of drug-likeness (QED) is 0.861. The zero-order chi connectivity index (χ0) is 12.5.